The standard InChI is InChI=1S/C22H22ClN3O2S2/c1-3-10-26-21(28)19-14-9-8-13(2)11-17(14)30-20(19)25-22(26)29-12-18(27)24-16-7-5-4-6-15(16)23/h3-7,13H,1,8-12H2,2H3,(H,24,27). The zero-order valence-corrected chi connectivity index (χ0v) is 19.0. The van der Waals surface area contributed by atoms with E-state index in [-0.39, 0.29) is 17.2 Å². The summed E-state index contributed by atoms with van der Waals surface area (Å²) in [5, 5.41) is 4.57. The Labute approximate surface area is 188 Å². The van der Waals surface area contributed by atoms with Crippen molar-refractivity contribution in [2.24, 2.45) is 5.92 Å². The van der Waals surface area contributed by atoms with E-state index in [9.17, 15) is 9.59 Å². The van der Waals surface area contributed by atoms with E-state index in [1.165, 1.54) is 16.6 Å². The van der Waals surface area contributed by atoms with Gasteiger partial charge in [-0.1, -0.05) is 48.5 Å². The first kappa shape index (κ1) is 21.2. The van der Waals surface area contributed by atoms with Crippen molar-refractivity contribution < 1.29 is 4.79 Å². The van der Waals surface area contributed by atoms with Gasteiger partial charge in [0, 0.05) is 11.4 Å². The predicted molar refractivity (Wildman–Crippen MR) is 126 cm³/mol. The number of para-hydroxylation sites is 1. The van der Waals surface area contributed by atoms with Crippen LogP contribution in [0.2, 0.25) is 5.02 Å². The molecule has 4 rings (SSSR count). The fourth-order valence-corrected chi connectivity index (χ4v) is 6.10. The molecule has 0 spiro atoms. The van der Waals surface area contributed by atoms with Crippen LogP contribution in [0.4, 0.5) is 5.69 Å². The van der Waals surface area contributed by atoms with E-state index in [1.54, 1.807) is 40.2 Å². The molecule has 1 aliphatic carbocycles. The number of halogens is 1. The third-order valence-electron chi connectivity index (χ3n) is 5.17. The Balaban J connectivity index is 1.62. The maximum absolute atomic E-state index is 13.3. The van der Waals surface area contributed by atoms with E-state index in [2.05, 4.69) is 18.8 Å². The highest BCUT2D eigenvalue weighted by Gasteiger charge is 2.24. The molecule has 2 aromatic heterocycles. The van der Waals surface area contributed by atoms with Crippen LogP contribution < -0.4 is 10.9 Å². The number of amides is 1. The first-order chi connectivity index (χ1) is 14.5. The average molecular weight is 460 g/mol. The van der Waals surface area contributed by atoms with Gasteiger partial charge in [0.25, 0.3) is 5.56 Å². The number of anilines is 1. The molecule has 0 saturated carbocycles. The van der Waals surface area contributed by atoms with Crippen LogP contribution >= 0.6 is 34.7 Å². The Hall–Kier alpha value is -2.09. The van der Waals surface area contributed by atoms with Crippen molar-refractivity contribution in [1.82, 2.24) is 9.55 Å². The minimum absolute atomic E-state index is 0.0408. The third-order valence-corrected chi connectivity index (χ3v) is 7.63. The zero-order chi connectivity index (χ0) is 21.3. The number of hydrogen-bond donors (Lipinski definition) is 1. The number of aromatic nitrogens is 2. The summed E-state index contributed by atoms with van der Waals surface area (Å²) in [6.45, 7) is 6.38. The molecule has 0 aliphatic heterocycles. The van der Waals surface area contributed by atoms with Gasteiger partial charge in [0.1, 0.15) is 4.83 Å². The molecule has 0 bridgehead atoms. The van der Waals surface area contributed by atoms with Crippen LogP contribution in [0.5, 0.6) is 0 Å². The van der Waals surface area contributed by atoms with E-state index in [0.717, 1.165) is 35.0 Å². The fourth-order valence-electron chi connectivity index (χ4n) is 3.68. The lowest BCUT2D eigenvalue weighted by atomic mass is 9.89. The molecule has 1 unspecified atom stereocenters. The van der Waals surface area contributed by atoms with E-state index < -0.39 is 0 Å². The number of hydrogen-bond acceptors (Lipinski definition) is 5. The van der Waals surface area contributed by atoms with Gasteiger partial charge in [-0.2, -0.15) is 0 Å². The molecule has 1 aliphatic rings. The number of carbonyl (C=O) groups is 1. The van der Waals surface area contributed by atoms with E-state index in [4.69, 9.17) is 16.6 Å². The fraction of sp³-hybridized carbons (Fsp3) is 0.318. The summed E-state index contributed by atoms with van der Waals surface area (Å²) in [6.07, 6.45) is 4.70. The van der Waals surface area contributed by atoms with E-state index in [1.807, 2.05) is 6.07 Å². The maximum atomic E-state index is 13.3. The van der Waals surface area contributed by atoms with Crippen LogP contribution in [0.3, 0.4) is 0 Å². The number of thioether (sulfide) groups is 1. The van der Waals surface area contributed by atoms with Crippen molar-refractivity contribution in [2.45, 2.75) is 37.9 Å². The highest BCUT2D eigenvalue weighted by atomic mass is 35.5. The maximum Gasteiger partial charge on any atom is 0.263 e. The molecule has 1 N–H and O–H groups in total. The largest absolute Gasteiger partial charge is 0.324 e. The topological polar surface area (TPSA) is 64.0 Å². The van der Waals surface area contributed by atoms with Crippen LogP contribution in [-0.4, -0.2) is 21.2 Å². The number of fused-ring (bicyclic) bond motifs is 3. The van der Waals surface area contributed by atoms with Crippen molar-refractivity contribution in [3.8, 4) is 0 Å². The number of nitrogens with one attached hydrogen (secondary N) is 1. The van der Waals surface area contributed by atoms with Crippen molar-refractivity contribution in [2.75, 3.05) is 11.1 Å². The molecule has 1 atom stereocenters. The normalized spacial score (nSPS) is 15.7. The molecule has 0 radical (unpaired) electrons. The minimum Gasteiger partial charge on any atom is -0.324 e. The monoisotopic (exact) mass is 459 g/mol. The van der Waals surface area contributed by atoms with Crippen molar-refractivity contribution >= 4 is 56.5 Å². The van der Waals surface area contributed by atoms with Gasteiger partial charge in [-0.05, 0) is 42.9 Å². The number of rotatable bonds is 6. The zero-order valence-electron chi connectivity index (χ0n) is 16.6. The lowest BCUT2D eigenvalue weighted by Gasteiger charge is -2.17. The van der Waals surface area contributed by atoms with Gasteiger partial charge in [-0.3, -0.25) is 14.2 Å². The SMILES string of the molecule is C=CCn1c(SCC(=O)Nc2ccccc2Cl)nc2sc3c(c2c1=O)CCC(C)C3. The van der Waals surface area contributed by atoms with Gasteiger partial charge in [-0.15, -0.1) is 17.9 Å². The van der Waals surface area contributed by atoms with Crippen LogP contribution in [0, 0.1) is 5.92 Å². The molecule has 3 aromatic rings. The molecular weight excluding hydrogens is 438 g/mol. The van der Waals surface area contributed by atoms with Gasteiger partial charge in [-0.25, -0.2) is 4.98 Å². The van der Waals surface area contributed by atoms with Crippen molar-refractivity contribution in [3.05, 3.63) is 62.7 Å². The van der Waals surface area contributed by atoms with Crippen LogP contribution in [0.1, 0.15) is 23.8 Å². The highest BCUT2D eigenvalue weighted by molar-refractivity contribution is 7.99. The molecule has 1 aromatic carbocycles. The molecule has 30 heavy (non-hydrogen) atoms. The summed E-state index contributed by atoms with van der Waals surface area (Å²) in [5.74, 6) is 0.554. The number of allylic oxidation sites excluding steroid dienone is 1. The van der Waals surface area contributed by atoms with Gasteiger partial charge in [0.15, 0.2) is 5.16 Å². The van der Waals surface area contributed by atoms with Gasteiger partial charge in [0.05, 0.1) is 21.8 Å². The van der Waals surface area contributed by atoms with Crippen LogP contribution in [0.25, 0.3) is 10.2 Å². The number of carbonyl (C=O) groups excluding carboxylic acids is 1. The Morgan fingerprint density at radius 3 is 3.03 bits per heavy atom. The highest BCUT2D eigenvalue weighted by Crippen LogP contribution is 2.36. The first-order valence-corrected chi connectivity index (χ1v) is 12.0. The predicted octanol–water partition coefficient (Wildman–Crippen LogP) is 5.15. The molecular formula is C22H22ClN3O2S2. The number of benzene rings is 1. The number of thiophene rings is 1. The summed E-state index contributed by atoms with van der Waals surface area (Å²) >= 11 is 8.98. The molecule has 0 saturated heterocycles. The quantitative estimate of drug-likeness (QED) is 0.314. The molecule has 2 heterocycles. The van der Waals surface area contributed by atoms with Crippen molar-refractivity contribution in [3.63, 3.8) is 0 Å². The lowest BCUT2D eigenvalue weighted by Crippen LogP contribution is -2.24. The third kappa shape index (κ3) is 4.19. The molecule has 1 amide bonds. The van der Waals surface area contributed by atoms with Crippen LogP contribution in [0.15, 0.2) is 46.9 Å². The average Bonchev–Trinajstić information content (AvgIpc) is 3.08. The molecule has 5 nitrogen and oxygen atoms in total. The number of nitrogens with zero attached hydrogens (tertiary/aromatic N) is 2. The van der Waals surface area contributed by atoms with Crippen molar-refractivity contribution in [1.29, 1.82) is 0 Å². The summed E-state index contributed by atoms with van der Waals surface area (Å²) in [6, 6.07) is 7.09. The Morgan fingerprint density at radius 2 is 2.27 bits per heavy atom. The van der Waals surface area contributed by atoms with E-state index >= 15 is 0 Å². The second-order valence-corrected chi connectivity index (χ2v) is 9.88. The van der Waals surface area contributed by atoms with E-state index in [0.29, 0.717) is 28.3 Å². The Morgan fingerprint density at radius 1 is 1.47 bits per heavy atom. The van der Waals surface area contributed by atoms with Crippen LogP contribution in [-0.2, 0) is 24.2 Å². The summed E-state index contributed by atoms with van der Waals surface area (Å²) < 4.78 is 1.62. The lowest BCUT2D eigenvalue weighted by molar-refractivity contribution is -0.113. The summed E-state index contributed by atoms with van der Waals surface area (Å²) in [4.78, 5) is 32.5. The summed E-state index contributed by atoms with van der Waals surface area (Å²) in [5.41, 5.74) is 1.69. The molecule has 156 valence electrons. The molecule has 8 heteroatoms. The number of aryl methyl sites for hydroxylation is 1. The smallest absolute Gasteiger partial charge is 0.263 e. The van der Waals surface area contributed by atoms with Gasteiger partial charge in [0.2, 0.25) is 5.91 Å². The van der Waals surface area contributed by atoms with Gasteiger partial charge >= 0.3 is 0 Å². The second-order valence-electron chi connectivity index (χ2n) is 7.45. The second kappa shape index (κ2) is 8.96. The summed E-state index contributed by atoms with van der Waals surface area (Å²) in [7, 11) is 0. The first-order valence-electron chi connectivity index (χ1n) is 9.81. The van der Waals surface area contributed by atoms with Gasteiger partial charge < -0.3 is 5.32 Å². The Bertz CT molecular complexity index is 1190. The molecule has 0 fully saturated rings. The Kier molecular flexibility index (Phi) is 6.32. The minimum atomic E-state index is -0.202.